The van der Waals surface area contributed by atoms with Crippen LogP contribution in [0.4, 0.5) is 0 Å². The molecule has 0 N–H and O–H groups in total. The summed E-state index contributed by atoms with van der Waals surface area (Å²) < 4.78 is 5.00. The summed E-state index contributed by atoms with van der Waals surface area (Å²) in [6.45, 7) is 3.15. The molecule has 0 unspecified atom stereocenters. The van der Waals surface area contributed by atoms with Crippen molar-refractivity contribution >= 4 is 5.97 Å². The predicted molar refractivity (Wildman–Crippen MR) is 71.2 cm³/mol. The molecule has 0 radical (unpaired) electrons. The molecule has 0 amide bonds. The molecule has 1 fully saturated rings. The van der Waals surface area contributed by atoms with E-state index < -0.39 is 0 Å². The van der Waals surface area contributed by atoms with Crippen molar-refractivity contribution in [2.45, 2.75) is 32.4 Å². The van der Waals surface area contributed by atoms with Crippen molar-refractivity contribution in [1.82, 2.24) is 4.90 Å². The van der Waals surface area contributed by atoms with E-state index in [1.165, 1.54) is 0 Å². The van der Waals surface area contributed by atoms with E-state index in [4.69, 9.17) is 10.00 Å². The quantitative estimate of drug-likeness (QED) is 0.733. The molecule has 1 aliphatic rings. The third-order valence-corrected chi connectivity index (χ3v) is 3.21. The second-order valence-corrected chi connectivity index (χ2v) is 4.71. The zero-order chi connectivity index (χ0) is 13.7. The van der Waals surface area contributed by atoms with Crippen LogP contribution in [0.2, 0.25) is 0 Å². The maximum Gasteiger partial charge on any atom is 0.320 e. The number of ether oxygens (including phenoxy) is 1. The second kappa shape index (κ2) is 6.35. The average Bonchev–Trinajstić information content (AvgIpc) is 3.23. The van der Waals surface area contributed by atoms with Gasteiger partial charge in [0, 0.05) is 12.6 Å². The Balaban J connectivity index is 2.04. The molecule has 1 saturated carbocycles. The fourth-order valence-corrected chi connectivity index (χ4v) is 2.11. The third kappa shape index (κ3) is 3.80. The van der Waals surface area contributed by atoms with Gasteiger partial charge >= 0.3 is 5.97 Å². The zero-order valence-electron chi connectivity index (χ0n) is 11.1. The van der Waals surface area contributed by atoms with Gasteiger partial charge in [-0.05, 0) is 31.4 Å². The number of esters is 1. The van der Waals surface area contributed by atoms with Crippen LogP contribution in [0.5, 0.6) is 0 Å². The molecule has 0 heterocycles. The van der Waals surface area contributed by atoms with E-state index in [1.807, 2.05) is 31.2 Å². The van der Waals surface area contributed by atoms with Gasteiger partial charge in [0.2, 0.25) is 0 Å². The van der Waals surface area contributed by atoms with Gasteiger partial charge in [-0.25, -0.2) is 0 Å². The van der Waals surface area contributed by atoms with Crippen LogP contribution in [-0.2, 0) is 16.1 Å². The van der Waals surface area contributed by atoms with Crippen molar-refractivity contribution in [3.63, 3.8) is 0 Å². The minimum atomic E-state index is -0.191. The van der Waals surface area contributed by atoms with E-state index in [1.54, 1.807) is 0 Å². The van der Waals surface area contributed by atoms with E-state index in [2.05, 4.69) is 11.0 Å². The molecule has 0 aromatic heterocycles. The molecular formula is C15H18N2O2. The molecule has 100 valence electrons. The number of carbonyl (C=O) groups excluding carboxylic acids is 1. The number of hydrogen-bond acceptors (Lipinski definition) is 4. The normalized spacial score (nSPS) is 14.2. The molecule has 1 aliphatic carbocycles. The highest BCUT2D eigenvalue weighted by molar-refractivity contribution is 5.71. The van der Waals surface area contributed by atoms with Gasteiger partial charge in [-0.15, -0.1) is 0 Å². The maximum atomic E-state index is 11.6. The van der Waals surface area contributed by atoms with Crippen LogP contribution in [0, 0.1) is 11.3 Å². The van der Waals surface area contributed by atoms with Crippen LogP contribution >= 0.6 is 0 Å². The summed E-state index contributed by atoms with van der Waals surface area (Å²) in [5, 5.41) is 9.09. The molecule has 1 aromatic carbocycles. The predicted octanol–water partition coefficient (Wildman–Crippen LogP) is 2.09. The number of rotatable bonds is 6. The highest BCUT2D eigenvalue weighted by Gasteiger charge is 2.30. The smallest absolute Gasteiger partial charge is 0.320 e. The summed E-state index contributed by atoms with van der Waals surface area (Å²) in [5.74, 6) is -0.191. The van der Waals surface area contributed by atoms with Gasteiger partial charge in [-0.3, -0.25) is 9.69 Å². The first-order valence-electron chi connectivity index (χ1n) is 6.62. The SMILES string of the molecule is CCOC(=O)CN(Cc1ccccc1C#N)C1CC1. The number of nitriles is 1. The van der Waals surface area contributed by atoms with Crippen molar-refractivity contribution in [2.24, 2.45) is 0 Å². The first kappa shape index (κ1) is 13.6. The van der Waals surface area contributed by atoms with Crippen LogP contribution in [0.1, 0.15) is 30.9 Å². The van der Waals surface area contributed by atoms with E-state index in [0.717, 1.165) is 18.4 Å². The number of benzene rings is 1. The zero-order valence-corrected chi connectivity index (χ0v) is 11.1. The van der Waals surface area contributed by atoms with Crippen molar-refractivity contribution < 1.29 is 9.53 Å². The molecule has 0 saturated heterocycles. The molecule has 4 heteroatoms. The van der Waals surface area contributed by atoms with E-state index in [-0.39, 0.29) is 5.97 Å². The first-order valence-corrected chi connectivity index (χ1v) is 6.62. The monoisotopic (exact) mass is 258 g/mol. The topological polar surface area (TPSA) is 53.3 Å². The van der Waals surface area contributed by atoms with E-state index in [9.17, 15) is 4.79 Å². The summed E-state index contributed by atoms with van der Waals surface area (Å²) in [4.78, 5) is 13.7. The maximum absolute atomic E-state index is 11.6. The Hall–Kier alpha value is -1.86. The lowest BCUT2D eigenvalue weighted by atomic mass is 10.1. The number of nitrogens with zero attached hydrogens (tertiary/aromatic N) is 2. The summed E-state index contributed by atoms with van der Waals surface area (Å²) in [7, 11) is 0. The van der Waals surface area contributed by atoms with Crippen LogP contribution < -0.4 is 0 Å². The van der Waals surface area contributed by atoms with Crippen molar-refractivity contribution in [3.8, 4) is 6.07 Å². The highest BCUT2D eigenvalue weighted by atomic mass is 16.5. The molecule has 1 aromatic rings. The number of hydrogen-bond donors (Lipinski definition) is 0. The van der Waals surface area contributed by atoms with Gasteiger partial charge in [0.25, 0.3) is 0 Å². The largest absolute Gasteiger partial charge is 0.465 e. The lowest BCUT2D eigenvalue weighted by molar-refractivity contribution is -0.144. The Morgan fingerprint density at radius 2 is 2.21 bits per heavy atom. The molecular weight excluding hydrogens is 240 g/mol. The van der Waals surface area contributed by atoms with E-state index in [0.29, 0.717) is 31.3 Å². The van der Waals surface area contributed by atoms with Crippen molar-refractivity contribution in [1.29, 1.82) is 5.26 Å². The molecule has 4 nitrogen and oxygen atoms in total. The Labute approximate surface area is 113 Å². The minimum absolute atomic E-state index is 0.191. The van der Waals surface area contributed by atoms with Crippen LogP contribution in [0.3, 0.4) is 0 Å². The fourth-order valence-electron chi connectivity index (χ4n) is 2.11. The molecule has 0 bridgehead atoms. The molecule has 0 atom stereocenters. The van der Waals surface area contributed by atoms with Gasteiger partial charge in [0.1, 0.15) is 0 Å². The standard InChI is InChI=1S/C15H18N2O2/c1-2-19-15(18)11-17(14-7-8-14)10-13-6-4-3-5-12(13)9-16/h3-6,14H,2,7-8,10-11H2,1H3. The van der Waals surface area contributed by atoms with Gasteiger partial charge in [-0.1, -0.05) is 18.2 Å². The summed E-state index contributed by atoms with van der Waals surface area (Å²) >= 11 is 0. The highest BCUT2D eigenvalue weighted by Crippen LogP contribution is 2.28. The fraction of sp³-hybridized carbons (Fsp3) is 0.467. The minimum Gasteiger partial charge on any atom is -0.465 e. The summed E-state index contributed by atoms with van der Waals surface area (Å²) in [5.41, 5.74) is 1.65. The van der Waals surface area contributed by atoms with Gasteiger partial charge in [-0.2, -0.15) is 5.26 Å². The summed E-state index contributed by atoms with van der Waals surface area (Å²) in [6.07, 6.45) is 2.24. The average molecular weight is 258 g/mol. The van der Waals surface area contributed by atoms with Crippen molar-refractivity contribution in [2.75, 3.05) is 13.2 Å². The van der Waals surface area contributed by atoms with Crippen LogP contribution in [0.15, 0.2) is 24.3 Å². The van der Waals surface area contributed by atoms with Crippen LogP contribution in [0.25, 0.3) is 0 Å². The lowest BCUT2D eigenvalue weighted by Gasteiger charge is -2.21. The molecule has 2 rings (SSSR count). The van der Waals surface area contributed by atoms with Crippen molar-refractivity contribution in [3.05, 3.63) is 35.4 Å². The van der Waals surface area contributed by atoms with E-state index >= 15 is 0 Å². The Morgan fingerprint density at radius 1 is 1.47 bits per heavy atom. The van der Waals surface area contributed by atoms with Gasteiger partial charge in [0.15, 0.2) is 0 Å². The first-order chi connectivity index (χ1) is 9.24. The van der Waals surface area contributed by atoms with Gasteiger partial charge in [0.05, 0.1) is 24.8 Å². The molecule has 0 spiro atoms. The number of carbonyl (C=O) groups is 1. The Morgan fingerprint density at radius 3 is 2.84 bits per heavy atom. The molecule has 0 aliphatic heterocycles. The third-order valence-electron chi connectivity index (χ3n) is 3.21. The Bertz CT molecular complexity index is 489. The van der Waals surface area contributed by atoms with Gasteiger partial charge < -0.3 is 4.74 Å². The Kier molecular flexibility index (Phi) is 4.53. The van der Waals surface area contributed by atoms with Crippen LogP contribution in [-0.4, -0.2) is 30.1 Å². The molecule has 19 heavy (non-hydrogen) atoms. The second-order valence-electron chi connectivity index (χ2n) is 4.71. The lowest BCUT2D eigenvalue weighted by Crippen LogP contribution is -2.32. The summed E-state index contributed by atoms with van der Waals surface area (Å²) in [6, 6.07) is 10.2.